The van der Waals surface area contributed by atoms with Gasteiger partial charge in [0.25, 0.3) is 5.91 Å². The Morgan fingerprint density at radius 2 is 2.29 bits per heavy atom. The Morgan fingerprint density at radius 1 is 1.47 bits per heavy atom. The average Bonchev–Trinajstić information content (AvgIpc) is 2.75. The summed E-state index contributed by atoms with van der Waals surface area (Å²) in [5, 5.41) is 12.7. The van der Waals surface area contributed by atoms with Crippen LogP contribution in [-0.4, -0.2) is 28.6 Å². The quantitative estimate of drug-likeness (QED) is 0.750. The highest BCUT2D eigenvalue weighted by Crippen LogP contribution is 2.14. The van der Waals surface area contributed by atoms with Crippen molar-refractivity contribution >= 4 is 16.8 Å². The summed E-state index contributed by atoms with van der Waals surface area (Å²) in [7, 11) is 0. The van der Waals surface area contributed by atoms with Crippen molar-refractivity contribution in [1.29, 1.82) is 0 Å². The maximum atomic E-state index is 11.9. The number of aromatic amines is 1. The maximum absolute atomic E-state index is 11.9. The minimum atomic E-state index is -0.109. The van der Waals surface area contributed by atoms with Crippen molar-refractivity contribution < 1.29 is 9.90 Å². The number of aliphatic hydroxyl groups is 1. The summed E-state index contributed by atoms with van der Waals surface area (Å²) in [6.07, 6.45) is 2.41. The van der Waals surface area contributed by atoms with E-state index in [1.54, 1.807) is 6.07 Å². The highest BCUT2D eigenvalue weighted by molar-refractivity contribution is 5.98. The normalized spacial score (nSPS) is 12.6. The van der Waals surface area contributed by atoms with Gasteiger partial charge >= 0.3 is 0 Å². The molecular formula is C13H16N2O2. The summed E-state index contributed by atoms with van der Waals surface area (Å²) in [6.45, 7) is 1.96. The lowest BCUT2D eigenvalue weighted by Gasteiger charge is -2.12. The molecule has 4 heteroatoms. The van der Waals surface area contributed by atoms with Crippen LogP contribution in [0.25, 0.3) is 10.9 Å². The Balaban J connectivity index is 2.13. The van der Waals surface area contributed by atoms with Crippen molar-refractivity contribution in [3.63, 3.8) is 0 Å². The van der Waals surface area contributed by atoms with E-state index < -0.39 is 0 Å². The van der Waals surface area contributed by atoms with E-state index in [4.69, 9.17) is 5.11 Å². The molecule has 3 N–H and O–H groups in total. The molecule has 1 amide bonds. The Hall–Kier alpha value is -1.81. The summed E-state index contributed by atoms with van der Waals surface area (Å²) < 4.78 is 0. The Kier molecular flexibility index (Phi) is 3.44. The zero-order valence-electron chi connectivity index (χ0n) is 9.73. The fourth-order valence-corrected chi connectivity index (χ4v) is 1.76. The van der Waals surface area contributed by atoms with Crippen molar-refractivity contribution in [3.05, 3.63) is 36.0 Å². The predicted octanol–water partition coefficient (Wildman–Crippen LogP) is 1.67. The SMILES string of the molecule is CC(CCO)NC(=O)c1ccc2cc[nH]c2c1. The topological polar surface area (TPSA) is 65.1 Å². The molecule has 2 rings (SSSR count). The minimum absolute atomic E-state index is 0.0214. The van der Waals surface area contributed by atoms with Gasteiger partial charge in [-0.25, -0.2) is 0 Å². The van der Waals surface area contributed by atoms with E-state index in [9.17, 15) is 4.79 Å². The van der Waals surface area contributed by atoms with Crippen LogP contribution in [-0.2, 0) is 0 Å². The largest absolute Gasteiger partial charge is 0.396 e. The summed E-state index contributed by atoms with van der Waals surface area (Å²) in [4.78, 5) is 15.0. The van der Waals surface area contributed by atoms with E-state index in [2.05, 4.69) is 10.3 Å². The van der Waals surface area contributed by atoms with Crippen LogP contribution in [0, 0.1) is 0 Å². The van der Waals surface area contributed by atoms with E-state index in [1.807, 2.05) is 31.3 Å². The fourth-order valence-electron chi connectivity index (χ4n) is 1.76. The molecular weight excluding hydrogens is 216 g/mol. The number of H-pyrrole nitrogens is 1. The molecule has 1 aromatic carbocycles. The standard InChI is InChI=1S/C13H16N2O2/c1-9(5-7-16)15-13(17)11-3-2-10-4-6-14-12(10)8-11/h2-4,6,8-9,14,16H,5,7H2,1H3,(H,15,17). The molecule has 0 aliphatic heterocycles. The zero-order valence-corrected chi connectivity index (χ0v) is 9.73. The molecule has 0 bridgehead atoms. The molecule has 1 atom stereocenters. The average molecular weight is 232 g/mol. The third kappa shape index (κ3) is 2.65. The highest BCUT2D eigenvalue weighted by atomic mass is 16.3. The van der Waals surface area contributed by atoms with Gasteiger partial charge < -0.3 is 15.4 Å². The van der Waals surface area contributed by atoms with Crippen molar-refractivity contribution in [1.82, 2.24) is 10.3 Å². The van der Waals surface area contributed by atoms with Gasteiger partial charge in [-0.1, -0.05) is 6.07 Å². The molecule has 0 saturated carbocycles. The van der Waals surface area contributed by atoms with Gasteiger partial charge in [0, 0.05) is 29.9 Å². The van der Waals surface area contributed by atoms with E-state index in [0.29, 0.717) is 12.0 Å². The summed E-state index contributed by atoms with van der Waals surface area (Å²) >= 11 is 0. The lowest BCUT2D eigenvalue weighted by Crippen LogP contribution is -2.33. The van der Waals surface area contributed by atoms with Gasteiger partial charge in [-0.15, -0.1) is 0 Å². The molecule has 0 radical (unpaired) electrons. The molecule has 17 heavy (non-hydrogen) atoms. The van der Waals surface area contributed by atoms with Gasteiger partial charge in [-0.2, -0.15) is 0 Å². The van der Waals surface area contributed by atoms with Crippen LogP contribution < -0.4 is 5.32 Å². The summed E-state index contributed by atoms with van der Waals surface area (Å²) in [5.41, 5.74) is 1.58. The number of aliphatic hydroxyl groups excluding tert-OH is 1. The lowest BCUT2D eigenvalue weighted by molar-refractivity contribution is 0.0934. The Morgan fingerprint density at radius 3 is 3.06 bits per heavy atom. The number of hydrogen-bond donors (Lipinski definition) is 3. The highest BCUT2D eigenvalue weighted by Gasteiger charge is 2.09. The third-order valence-corrected chi connectivity index (χ3v) is 2.76. The van der Waals surface area contributed by atoms with E-state index in [1.165, 1.54) is 0 Å². The van der Waals surface area contributed by atoms with Gasteiger partial charge in [0.1, 0.15) is 0 Å². The lowest BCUT2D eigenvalue weighted by atomic mass is 10.1. The van der Waals surface area contributed by atoms with Gasteiger partial charge in [-0.05, 0) is 36.9 Å². The first-order chi connectivity index (χ1) is 8.20. The fraction of sp³-hybridized carbons (Fsp3) is 0.308. The van der Waals surface area contributed by atoms with Crippen molar-refractivity contribution in [3.8, 4) is 0 Å². The van der Waals surface area contributed by atoms with Crippen LogP contribution in [0.2, 0.25) is 0 Å². The molecule has 0 saturated heterocycles. The van der Waals surface area contributed by atoms with Crippen LogP contribution in [0.5, 0.6) is 0 Å². The van der Waals surface area contributed by atoms with Crippen LogP contribution in [0.15, 0.2) is 30.5 Å². The van der Waals surface area contributed by atoms with E-state index in [-0.39, 0.29) is 18.6 Å². The smallest absolute Gasteiger partial charge is 0.251 e. The minimum Gasteiger partial charge on any atom is -0.396 e. The number of amides is 1. The second-order valence-corrected chi connectivity index (χ2v) is 4.17. The van der Waals surface area contributed by atoms with Gasteiger partial charge in [-0.3, -0.25) is 4.79 Å². The predicted molar refractivity (Wildman–Crippen MR) is 66.9 cm³/mol. The van der Waals surface area contributed by atoms with Gasteiger partial charge in [0.2, 0.25) is 0 Å². The maximum Gasteiger partial charge on any atom is 0.251 e. The summed E-state index contributed by atoms with van der Waals surface area (Å²) in [5.74, 6) is -0.109. The third-order valence-electron chi connectivity index (χ3n) is 2.76. The van der Waals surface area contributed by atoms with E-state index in [0.717, 1.165) is 10.9 Å². The Bertz CT molecular complexity index is 519. The van der Waals surface area contributed by atoms with Crippen LogP contribution >= 0.6 is 0 Å². The van der Waals surface area contributed by atoms with Gasteiger partial charge in [0.05, 0.1) is 0 Å². The molecule has 1 unspecified atom stereocenters. The van der Waals surface area contributed by atoms with E-state index >= 15 is 0 Å². The molecule has 4 nitrogen and oxygen atoms in total. The van der Waals surface area contributed by atoms with Gasteiger partial charge in [0.15, 0.2) is 0 Å². The number of benzene rings is 1. The van der Waals surface area contributed by atoms with Crippen molar-refractivity contribution in [2.45, 2.75) is 19.4 Å². The zero-order chi connectivity index (χ0) is 12.3. The number of carbonyl (C=O) groups is 1. The number of fused-ring (bicyclic) bond motifs is 1. The first-order valence-electron chi connectivity index (χ1n) is 5.69. The second kappa shape index (κ2) is 5.01. The molecule has 0 aliphatic carbocycles. The number of carbonyl (C=O) groups excluding carboxylic acids is 1. The molecule has 2 aromatic rings. The van der Waals surface area contributed by atoms with Crippen LogP contribution in [0.3, 0.4) is 0 Å². The number of aromatic nitrogens is 1. The Labute approximate surface area is 99.7 Å². The van der Waals surface area contributed by atoms with Crippen LogP contribution in [0.1, 0.15) is 23.7 Å². The van der Waals surface area contributed by atoms with Crippen molar-refractivity contribution in [2.75, 3.05) is 6.61 Å². The number of hydrogen-bond acceptors (Lipinski definition) is 2. The molecule has 0 spiro atoms. The number of nitrogens with one attached hydrogen (secondary N) is 2. The first-order valence-corrected chi connectivity index (χ1v) is 5.69. The molecule has 1 heterocycles. The first kappa shape index (κ1) is 11.7. The van der Waals surface area contributed by atoms with Crippen molar-refractivity contribution in [2.24, 2.45) is 0 Å². The summed E-state index contributed by atoms with van der Waals surface area (Å²) in [6, 6.07) is 7.49. The number of rotatable bonds is 4. The second-order valence-electron chi connectivity index (χ2n) is 4.17. The molecule has 0 aliphatic rings. The molecule has 0 fully saturated rings. The molecule has 90 valence electrons. The van der Waals surface area contributed by atoms with Crippen LogP contribution in [0.4, 0.5) is 0 Å². The molecule has 1 aromatic heterocycles. The monoisotopic (exact) mass is 232 g/mol.